The zero-order valence-electron chi connectivity index (χ0n) is 17.8. The summed E-state index contributed by atoms with van der Waals surface area (Å²) in [6, 6.07) is 20.7. The topological polar surface area (TPSA) is 75.4 Å². The number of hydrogen-bond donors (Lipinski definition) is 3. The highest BCUT2D eigenvalue weighted by molar-refractivity contribution is 6.33. The SMILES string of the molecule is COc1ccc([C@@H](CNC(=O)Nc2ccccc2Cl)c2c[nH]c3ccccc23)cc1OC. The predicted octanol–water partition coefficient (Wildman–Crippen LogP) is 5.79. The van der Waals surface area contributed by atoms with Crippen LogP contribution in [0.15, 0.2) is 72.9 Å². The molecule has 1 heterocycles. The van der Waals surface area contributed by atoms with Crippen LogP contribution in [-0.4, -0.2) is 31.8 Å². The number of benzene rings is 3. The Kier molecular flexibility index (Phi) is 6.52. The molecule has 0 fully saturated rings. The van der Waals surface area contributed by atoms with E-state index in [9.17, 15) is 4.79 Å². The van der Waals surface area contributed by atoms with E-state index in [1.54, 1.807) is 26.4 Å². The third kappa shape index (κ3) is 4.50. The van der Waals surface area contributed by atoms with Crippen LogP contribution < -0.4 is 20.1 Å². The maximum absolute atomic E-state index is 12.6. The molecule has 4 aromatic rings. The number of hydrogen-bond acceptors (Lipinski definition) is 3. The van der Waals surface area contributed by atoms with Crippen molar-refractivity contribution in [2.24, 2.45) is 0 Å². The standard InChI is InChI=1S/C25H24ClN3O3/c1-31-23-12-11-16(13-24(23)32-2)18(19-15-27-21-9-5-3-7-17(19)21)14-28-25(30)29-22-10-6-4-8-20(22)26/h3-13,15,18,27H,14H2,1-2H3,(H2,28,29,30)/t18-/m1/s1. The fraction of sp³-hybridized carbons (Fsp3) is 0.160. The first kappa shape index (κ1) is 21.6. The van der Waals surface area contributed by atoms with E-state index in [1.165, 1.54) is 0 Å². The number of halogens is 1. The van der Waals surface area contributed by atoms with Crippen molar-refractivity contribution < 1.29 is 14.3 Å². The number of para-hydroxylation sites is 2. The first-order valence-corrected chi connectivity index (χ1v) is 10.6. The zero-order valence-corrected chi connectivity index (χ0v) is 18.6. The van der Waals surface area contributed by atoms with Gasteiger partial charge in [0.1, 0.15) is 0 Å². The molecule has 6 nitrogen and oxygen atoms in total. The van der Waals surface area contributed by atoms with Gasteiger partial charge in [-0.1, -0.05) is 48.0 Å². The van der Waals surface area contributed by atoms with Gasteiger partial charge >= 0.3 is 6.03 Å². The monoisotopic (exact) mass is 449 g/mol. The molecule has 164 valence electrons. The highest BCUT2D eigenvalue weighted by Gasteiger charge is 2.21. The molecule has 32 heavy (non-hydrogen) atoms. The molecular formula is C25H24ClN3O3. The minimum atomic E-state index is -0.330. The molecular weight excluding hydrogens is 426 g/mol. The molecule has 0 saturated heterocycles. The van der Waals surface area contributed by atoms with Crippen LogP contribution in [0, 0.1) is 0 Å². The molecule has 0 aliphatic rings. The molecule has 0 aliphatic heterocycles. The number of nitrogens with one attached hydrogen (secondary N) is 3. The van der Waals surface area contributed by atoms with Gasteiger partial charge in [0.15, 0.2) is 11.5 Å². The summed E-state index contributed by atoms with van der Waals surface area (Å²) in [7, 11) is 3.22. The minimum Gasteiger partial charge on any atom is -0.493 e. The molecule has 3 aromatic carbocycles. The van der Waals surface area contributed by atoms with E-state index in [-0.39, 0.29) is 11.9 Å². The first-order valence-electron chi connectivity index (χ1n) is 10.2. The average molecular weight is 450 g/mol. The number of amides is 2. The Morgan fingerprint density at radius 2 is 1.75 bits per heavy atom. The smallest absolute Gasteiger partial charge is 0.319 e. The average Bonchev–Trinajstić information content (AvgIpc) is 3.24. The third-order valence-corrected chi connectivity index (χ3v) is 5.73. The van der Waals surface area contributed by atoms with E-state index in [4.69, 9.17) is 21.1 Å². The molecule has 0 radical (unpaired) electrons. The summed E-state index contributed by atoms with van der Waals surface area (Å²) in [5.74, 6) is 1.16. The number of rotatable bonds is 7. The molecule has 7 heteroatoms. The Balaban J connectivity index is 1.64. The number of methoxy groups -OCH3 is 2. The molecule has 0 unspecified atom stereocenters. The van der Waals surface area contributed by atoms with Crippen LogP contribution in [0.25, 0.3) is 10.9 Å². The molecule has 0 spiro atoms. The second-order valence-corrected chi connectivity index (χ2v) is 7.68. The molecule has 0 bridgehead atoms. The van der Waals surface area contributed by atoms with Crippen LogP contribution in [0.2, 0.25) is 5.02 Å². The van der Waals surface area contributed by atoms with Crippen LogP contribution >= 0.6 is 11.6 Å². The van der Waals surface area contributed by atoms with Crippen molar-refractivity contribution in [3.05, 3.63) is 89.1 Å². The van der Waals surface area contributed by atoms with Gasteiger partial charge in [0.25, 0.3) is 0 Å². The molecule has 4 rings (SSSR count). The molecule has 0 aliphatic carbocycles. The van der Waals surface area contributed by atoms with Crippen molar-refractivity contribution in [3.8, 4) is 11.5 Å². The summed E-state index contributed by atoms with van der Waals surface area (Å²) in [5, 5.41) is 7.37. The summed E-state index contributed by atoms with van der Waals surface area (Å²) >= 11 is 6.16. The number of anilines is 1. The predicted molar refractivity (Wildman–Crippen MR) is 128 cm³/mol. The lowest BCUT2D eigenvalue weighted by atomic mass is 9.90. The Hall–Kier alpha value is -3.64. The number of fused-ring (bicyclic) bond motifs is 1. The maximum Gasteiger partial charge on any atom is 0.319 e. The van der Waals surface area contributed by atoms with E-state index >= 15 is 0 Å². The Morgan fingerprint density at radius 1 is 1.00 bits per heavy atom. The van der Waals surface area contributed by atoms with Gasteiger partial charge in [0.2, 0.25) is 0 Å². The number of aromatic nitrogens is 1. The fourth-order valence-corrected chi connectivity index (χ4v) is 3.97. The molecule has 1 atom stereocenters. The second-order valence-electron chi connectivity index (χ2n) is 7.27. The van der Waals surface area contributed by atoms with Crippen molar-refractivity contribution in [1.82, 2.24) is 10.3 Å². The van der Waals surface area contributed by atoms with E-state index < -0.39 is 0 Å². The number of carbonyl (C=O) groups excluding carboxylic acids is 1. The maximum atomic E-state index is 12.6. The second kappa shape index (κ2) is 9.66. The first-order chi connectivity index (χ1) is 15.6. The van der Waals surface area contributed by atoms with Gasteiger partial charge in [0, 0.05) is 29.6 Å². The minimum absolute atomic E-state index is 0.122. The van der Waals surface area contributed by atoms with Crippen LogP contribution in [0.1, 0.15) is 17.0 Å². The summed E-state index contributed by atoms with van der Waals surface area (Å²) in [6.07, 6.45) is 1.99. The Bertz CT molecular complexity index is 1240. The quantitative estimate of drug-likeness (QED) is 0.334. The zero-order chi connectivity index (χ0) is 22.5. The summed E-state index contributed by atoms with van der Waals surface area (Å²) in [6.45, 7) is 0.369. The third-order valence-electron chi connectivity index (χ3n) is 5.40. The summed E-state index contributed by atoms with van der Waals surface area (Å²) < 4.78 is 10.9. The van der Waals surface area contributed by atoms with E-state index in [0.717, 1.165) is 22.0 Å². The van der Waals surface area contributed by atoms with Crippen molar-refractivity contribution in [2.75, 3.05) is 26.1 Å². The van der Waals surface area contributed by atoms with Crippen LogP contribution in [0.5, 0.6) is 11.5 Å². The van der Waals surface area contributed by atoms with Crippen molar-refractivity contribution in [2.45, 2.75) is 5.92 Å². The van der Waals surface area contributed by atoms with E-state index in [0.29, 0.717) is 28.8 Å². The molecule has 1 aromatic heterocycles. The Labute approximate surface area is 191 Å². The van der Waals surface area contributed by atoms with Gasteiger partial charge in [-0.3, -0.25) is 0 Å². The number of ether oxygens (including phenoxy) is 2. The van der Waals surface area contributed by atoms with Crippen molar-refractivity contribution in [3.63, 3.8) is 0 Å². The molecule has 0 saturated carbocycles. The van der Waals surface area contributed by atoms with Gasteiger partial charge in [-0.05, 0) is 41.5 Å². The van der Waals surface area contributed by atoms with Crippen LogP contribution in [0.3, 0.4) is 0 Å². The van der Waals surface area contributed by atoms with Gasteiger partial charge in [0.05, 0.1) is 24.9 Å². The molecule has 2 amide bonds. The van der Waals surface area contributed by atoms with Crippen molar-refractivity contribution >= 4 is 34.2 Å². The number of urea groups is 1. The fourth-order valence-electron chi connectivity index (χ4n) is 3.78. The normalized spacial score (nSPS) is 11.7. The molecule has 3 N–H and O–H groups in total. The number of H-pyrrole nitrogens is 1. The lowest BCUT2D eigenvalue weighted by Crippen LogP contribution is -2.32. The van der Waals surface area contributed by atoms with Gasteiger partial charge in [-0.15, -0.1) is 0 Å². The highest BCUT2D eigenvalue weighted by Crippen LogP contribution is 2.35. The van der Waals surface area contributed by atoms with E-state index in [1.807, 2.05) is 54.7 Å². The summed E-state index contributed by atoms with van der Waals surface area (Å²) in [4.78, 5) is 15.9. The van der Waals surface area contributed by atoms with Gasteiger partial charge in [-0.2, -0.15) is 0 Å². The van der Waals surface area contributed by atoms with Gasteiger partial charge in [-0.25, -0.2) is 4.79 Å². The van der Waals surface area contributed by atoms with E-state index in [2.05, 4.69) is 21.7 Å². The number of carbonyl (C=O) groups is 1. The van der Waals surface area contributed by atoms with Gasteiger partial charge < -0.3 is 25.1 Å². The Morgan fingerprint density at radius 3 is 2.53 bits per heavy atom. The highest BCUT2D eigenvalue weighted by atomic mass is 35.5. The summed E-state index contributed by atoms with van der Waals surface area (Å²) in [5.41, 5.74) is 3.66. The van der Waals surface area contributed by atoms with Crippen LogP contribution in [0.4, 0.5) is 10.5 Å². The van der Waals surface area contributed by atoms with Crippen LogP contribution in [-0.2, 0) is 0 Å². The van der Waals surface area contributed by atoms with Crippen molar-refractivity contribution in [1.29, 1.82) is 0 Å². The lowest BCUT2D eigenvalue weighted by molar-refractivity contribution is 0.252. The lowest BCUT2D eigenvalue weighted by Gasteiger charge is -2.20. The largest absolute Gasteiger partial charge is 0.493 e. The number of aromatic amines is 1.